The third kappa shape index (κ3) is 3.53. The van der Waals surface area contributed by atoms with Crippen molar-refractivity contribution >= 4 is 39.5 Å². The van der Waals surface area contributed by atoms with Gasteiger partial charge in [-0.1, -0.05) is 6.07 Å². The van der Waals surface area contributed by atoms with E-state index in [2.05, 4.69) is 11.0 Å². The Morgan fingerprint density at radius 3 is 2.54 bits per heavy atom. The molecule has 1 aromatic carbocycles. The normalized spacial score (nSPS) is 15.6. The highest BCUT2D eigenvalue weighted by Gasteiger charge is 2.26. The van der Waals surface area contributed by atoms with E-state index in [4.69, 9.17) is 4.74 Å². The minimum atomic E-state index is -0.471. The highest BCUT2D eigenvalue weighted by Crippen LogP contribution is 2.33. The van der Waals surface area contributed by atoms with Crippen LogP contribution in [-0.2, 0) is 4.74 Å². The SMILES string of the molecule is CC(C)(C)OC(=O)N1CCN(c2cccc3sc(C=O)cc23)CC1. The summed E-state index contributed by atoms with van der Waals surface area (Å²) in [7, 11) is 0. The molecule has 1 amide bonds. The Bertz CT molecular complexity index is 755. The molecule has 6 heteroatoms. The fraction of sp³-hybridized carbons (Fsp3) is 0.444. The van der Waals surface area contributed by atoms with E-state index >= 15 is 0 Å². The number of benzene rings is 1. The number of hydrogen-bond acceptors (Lipinski definition) is 5. The second kappa shape index (κ2) is 6.43. The first kappa shape index (κ1) is 16.8. The number of fused-ring (bicyclic) bond motifs is 1. The summed E-state index contributed by atoms with van der Waals surface area (Å²) in [6, 6.07) is 8.08. The van der Waals surface area contributed by atoms with Gasteiger partial charge < -0.3 is 14.5 Å². The lowest BCUT2D eigenvalue weighted by Crippen LogP contribution is -2.50. The van der Waals surface area contributed by atoms with E-state index in [1.54, 1.807) is 4.90 Å². The van der Waals surface area contributed by atoms with E-state index in [0.29, 0.717) is 13.1 Å². The van der Waals surface area contributed by atoms with E-state index in [-0.39, 0.29) is 6.09 Å². The molecule has 1 fully saturated rings. The predicted molar refractivity (Wildman–Crippen MR) is 97.2 cm³/mol. The number of rotatable bonds is 2. The van der Waals surface area contributed by atoms with Gasteiger partial charge in [0.2, 0.25) is 0 Å². The van der Waals surface area contributed by atoms with Gasteiger partial charge >= 0.3 is 6.09 Å². The molecule has 3 rings (SSSR count). The number of nitrogens with zero attached hydrogens (tertiary/aromatic N) is 2. The van der Waals surface area contributed by atoms with Crippen LogP contribution in [0.4, 0.5) is 10.5 Å². The first-order valence-electron chi connectivity index (χ1n) is 8.08. The van der Waals surface area contributed by atoms with Crippen molar-refractivity contribution in [2.45, 2.75) is 26.4 Å². The van der Waals surface area contributed by atoms with E-state index in [1.807, 2.05) is 39.0 Å². The topological polar surface area (TPSA) is 49.9 Å². The van der Waals surface area contributed by atoms with Gasteiger partial charge in [-0.15, -0.1) is 11.3 Å². The van der Waals surface area contributed by atoms with Gasteiger partial charge in [0, 0.05) is 42.0 Å². The van der Waals surface area contributed by atoms with Gasteiger partial charge in [-0.25, -0.2) is 4.79 Å². The fourth-order valence-corrected chi connectivity index (χ4v) is 3.75. The van der Waals surface area contributed by atoms with Crippen LogP contribution < -0.4 is 4.90 Å². The van der Waals surface area contributed by atoms with Crippen LogP contribution in [0.25, 0.3) is 10.1 Å². The van der Waals surface area contributed by atoms with Crippen LogP contribution >= 0.6 is 11.3 Å². The molecular formula is C18H22N2O3S. The first-order valence-corrected chi connectivity index (χ1v) is 8.89. The van der Waals surface area contributed by atoms with Crippen molar-refractivity contribution in [3.63, 3.8) is 0 Å². The number of thiophene rings is 1. The summed E-state index contributed by atoms with van der Waals surface area (Å²) < 4.78 is 6.55. The fourth-order valence-electron chi connectivity index (χ4n) is 2.86. The maximum atomic E-state index is 12.2. The van der Waals surface area contributed by atoms with Crippen molar-refractivity contribution < 1.29 is 14.3 Å². The molecule has 0 spiro atoms. The van der Waals surface area contributed by atoms with Crippen LogP contribution in [0.5, 0.6) is 0 Å². The molecule has 128 valence electrons. The lowest BCUT2D eigenvalue weighted by molar-refractivity contribution is 0.0240. The Labute approximate surface area is 145 Å². The van der Waals surface area contributed by atoms with Crippen molar-refractivity contribution in [1.82, 2.24) is 4.90 Å². The van der Waals surface area contributed by atoms with Crippen molar-refractivity contribution in [3.8, 4) is 0 Å². The molecule has 0 atom stereocenters. The zero-order chi connectivity index (χ0) is 17.3. The van der Waals surface area contributed by atoms with Gasteiger partial charge in [-0.05, 0) is 39.0 Å². The van der Waals surface area contributed by atoms with Crippen molar-refractivity contribution in [1.29, 1.82) is 0 Å². The average molecular weight is 346 g/mol. The van der Waals surface area contributed by atoms with Crippen LogP contribution in [0.2, 0.25) is 0 Å². The molecule has 1 aliphatic heterocycles. The molecule has 2 heterocycles. The summed E-state index contributed by atoms with van der Waals surface area (Å²) in [5.41, 5.74) is 0.655. The van der Waals surface area contributed by atoms with Gasteiger partial charge in [0.15, 0.2) is 6.29 Å². The molecule has 1 aromatic heterocycles. The molecule has 0 saturated carbocycles. The monoisotopic (exact) mass is 346 g/mol. The summed E-state index contributed by atoms with van der Waals surface area (Å²) in [5.74, 6) is 0. The zero-order valence-electron chi connectivity index (χ0n) is 14.2. The van der Waals surface area contributed by atoms with Gasteiger partial charge in [-0.3, -0.25) is 4.79 Å². The quantitative estimate of drug-likeness (QED) is 0.777. The number of amides is 1. The van der Waals surface area contributed by atoms with E-state index < -0.39 is 5.60 Å². The van der Waals surface area contributed by atoms with Crippen LogP contribution in [0.1, 0.15) is 30.4 Å². The number of carbonyl (C=O) groups excluding carboxylic acids is 2. The number of piperazine rings is 1. The lowest BCUT2D eigenvalue weighted by atomic mass is 10.1. The Kier molecular flexibility index (Phi) is 4.49. The van der Waals surface area contributed by atoms with Gasteiger partial charge in [-0.2, -0.15) is 0 Å². The molecule has 0 N–H and O–H groups in total. The van der Waals surface area contributed by atoms with E-state index in [0.717, 1.165) is 40.0 Å². The van der Waals surface area contributed by atoms with Crippen molar-refractivity contribution in [2.75, 3.05) is 31.1 Å². The second-order valence-electron chi connectivity index (χ2n) is 6.91. The number of hydrogen-bond donors (Lipinski definition) is 0. The van der Waals surface area contributed by atoms with Gasteiger partial charge in [0.1, 0.15) is 5.60 Å². The number of ether oxygens (including phenoxy) is 1. The van der Waals surface area contributed by atoms with Crippen LogP contribution in [0.3, 0.4) is 0 Å². The Hall–Kier alpha value is -2.08. The zero-order valence-corrected chi connectivity index (χ0v) is 15.1. The largest absolute Gasteiger partial charge is 0.444 e. The van der Waals surface area contributed by atoms with Crippen molar-refractivity contribution in [3.05, 3.63) is 29.1 Å². The third-order valence-corrected chi connectivity index (χ3v) is 4.97. The Balaban J connectivity index is 1.72. The number of anilines is 1. The first-order chi connectivity index (χ1) is 11.4. The van der Waals surface area contributed by atoms with E-state index in [9.17, 15) is 9.59 Å². The second-order valence-corrected chi connectivity index (χ2v) is 8.03. The average Bonchev–Trinajstić information content (AvgIpc) is 2.96. The molecule has 0 unspecified atom stereocenters. The maximum absolute atomic E-state index is 12.2. The third-order valence-electron chi connectivity index (χ3n) is 3.95. The molecule has 2 aromatic rings. The Morgan fingerprint density at radius 1 is 1.21 bits per heavy atom. The molecule has 1 aliphatic rings. The molecular weight excluding hydrogens is 324 g/mol. The predicted octanol–water partition coefficient (Wildman–Crippen LogP) is 3.77. The maximum Gasteiger partial charge on any atom is 0.410 e. The van der Waals surface area contributed by atoms with Crippen LogP contribution in [0, 0.1) is 0 Å². The molecule has 0 radical (unpaired) electrons. The molecule has 1 saturated heterocycles. The minimum Gasteiger partial charge on any atom is -0.444 e. The standard InChI is InChI=1S/C18H22N2O3S/c1-18(2,3)23-17(22)20-9-7-19(8-10-20)15-5-4-6-16-14(15)11-13(12-21)24-16/h4-6,11-12H,7-10H2,1-3H3. The number of carbonyl (C=O) groups is 2. The summed E-state index contributed by atoms with van der Waals surface area (Å²) >= 11 is 1.51. The summed E-state index contributed by atoms with van der Waals surface area (Å²) in [6.45, 7) is 8.41. The minimum absolute atomic E-state index is 0.251. The van der Waals surface area contributed by atoms with Gasteiger partial charge in [0.05, 0.1) is 4.88 Å². The van der Waals surface area contributed by atoms with Crippen LogP contribution in [0.15, 0.2) is 24.3 Å². The number of aldehydes is 1. The van der Waals surface area contributed by atoms with Crippen molar-refractivity contribution in [2.24, 2.45) is 0 Å². The summed E-state index contributed by atoms with van der Waals surface area (Å²) in [4.78, 5) is 28.0. The lowest BCUT2D eigenvalue weighted by Gasteiger charge is -2.37. The Morgan fingerprint density at radius 2 is 1.92 bits per heavy atom. The molecule has 24 heavy (non-hydrogen) atoms. The molecule has 0 aliphatic carbocycles. The smallest absolute Gasteiger partial charge is 0.410 e. The van der Waals surface area contributed by atoms with E-state index in [1.165, 1.54) is 11.3 Å². The van der Waals surface area contributed by atoms with Crippen LogP contribution in [-0.4, -0.2) is 49.1 Å². The highest BCUT2D eigenvalue weighted by atomic mass is 32.1. The summed E-state index contributed by atoms with van der Waals surface area (Å²) in [5, 5.41) is 1.11. The molecule has 0 bridgehead atoms. The molecule has 5 nitrogen and oxygen atoms in total. The summed E-state index contributed by atoms with van der Waals surface area (Å²) in [6.07, 6.45) is 0.647. The van der Waals surface area contributed by atoms with Gasteiger partial charge in [0.25, 0.3) is 0 Å². The highest BCUT2D eigenvalue weighted by molar-refractivity contribution is 7.20.